The van der Waals surface area contributed by atoms with Crippen molar-refractivity contribution in [2.24, 2.45) is 0 Å². The van der Waals surface area contributed by atoms with Crippen molar-refractivity contribution in [2.45, 2.75) is 39.8 Å². The number of benzene rings is 1. The quantitative estimate of drug-likeness (QED) is 0.436. The average molecular weight is 410 g/mol. The number of H-pyrrole nitrogens is 1. The van der Waals surface area contributed by atoms with Gasteiger partial charge in [-0.3, -0.25) is 4.79 Å². The minimum absolute atomic E-state index is 0.140. The predicted octanol–water partition coefficient (Wildman–Crippen LogP) is 3.65. The molecule has 2 atom stereocenters. The minimum atomic E-state index is -0.218. The highest BCUT2D eigenvalue weighted by atomic mass is 32.1. The standard InChI is InChI=1S/C22H24N4O2S/c1-4-11-26(13-19-24-25-22(28-19)18-10-7-12-29-18)15(3)21(27)20-14(2)23-17-9-6-5-8-16(17)20/h5-10,12,15,23H,4,11,13H2,1-3H3/p+1/t15-/m1/s1. The van der Waals surface area contributed by atoms with Crippen LogP contribution in [0.4, 0.5) is 0 Å². The molecule has 150 valence electrons. The Balaban J connectivity index is 1.58. The summed E-state index contributed by atoms with van der Waals surface area (Å²) in [7, 11) is 0. The molecule has 0 saturated carbocycles. The van der Waals surface area contributed by atoms with Gasteiger partial charge < -0.3 is 14.3 Å². The van der Waals surface area contributed by atoms with Gasteiger partial charge in [-0.25, -0.2) is 0 Å². The van der Waals surface area contributed by atoms with E-state index in [1.165, 1.54) is 0 Å². The fourth-order valence-corrected chi connectivity index (χ4v) is 4.44. The fourth-order valence-electron chi connectivity index (χ4n) is 3.79. The molecule has 0 bridgehead atoms. The molecular weight excluding hydrogens is 384 g/mol. The summed E-state index contributed by atoms with van der Waals surface area (Å²) in [5.41, 5.74) is 2.69. The lowest BCUT2D eigenvalue weighted by molar-refractivity contribution is -0.928. The van der Waals surface area contributed by atoms with Crippen LogP contribution in [-0.2, 0) is 6.54 Å². The lowest BCUT2D eigenvalue weighted by Crippen LogP contribution is -3.15. The van der Waals surface area contributed by atoms with E-state index in [0.717, 1.165) is 44.9 Å². The molecule has 0 aliphatic heterocycles. The first-order valence-electron chi connectivity index (χ1n) is 9.90. The Bertz CT molecular complexity index is 1110. The minimum Gasteiger partial charge on any atom is -0.414 e. The number of nitrogens with one attached hydrogen (secondary N) is 2. The van der Waals surface area contributed by atoms with Crippen LogP contribution in [-0.4, -0.2) is 33.6 Å². The summed E-state index contributed by atoms with van der Waals surface area (Å²) < 4.78 is 5.87. The third-order valence-electron chi connectivity index (χ3n) is 5.29. The SMILES string of the molecule is CCC[NH+](Cc1nnc(-c2cccs2)o1)[C@H](C)C(=O)c1c(C)[nH]c2ccccc12. The average Bonchev–Trinajstić information content (AvgIpc) is 3.45. The van der Waals surface area contributed by atoms with Crippen LogP contribution >= 0.6 is 11.3 Å². The van der Waals surface area contributed by atoms with E-state index in [1.54, 1.807) is 11.3 Å². The molecule has 4 aromatic rings. The molecule has 0 fully saturated rings. The number of quaternary nitrogens is 1. The number of hydrogen-bond acceptors (Lipinski definition) is 5. The molecule has 1 unspecified atom stereocenters. The normalized spacial score (nSPS) is 13.6. The molecule has 0 radical (unpaired) electrons. The van der Waals surface area contributed by atoms with Crippen LogP contribution in [0.5, 0.6) is 0 Å². The Kier molecular flexibility index (Phi) is 5.60. The summed E-state index contributed by atoms with van der Waals surface area (Å²) >= 11 is 1.57. The van der Waals surface area contributed by atoms with E-state index in [1.807, 2.05) is 55.6 Å². The molecule has 7 heteroatoms. The maximum absolute atomic E-state index is 13.4. The van der Waals surface area contributed by atoms with Crippen molar-refractivity contribution in [1.29, 1.82) is 0 Å². The lowest BCUT2D eigenvalue weighted by Gasteiger charge is -2.23. The summed E-state index contributed by atoms with van der Waals surface area (Å²) in [6.45, 7) is 7.46. The molecule has 4 rings (SSSR count). The molecule has 1 aromatic carbocycles. The third kappa shape index (κ3) is 3.88. The third-order valence-corrected chi connectivity index (χ3v) is 6.15. The maximum Gasteiger partial charge on any atom is 0.271 e. The molecule has 6 nitrogen and oxygen atoms in total. The Hall–Kier alpha value is -2.77. The smallest absolute Gasteiger partial charge is 0.271 e. The highest BCUT2D eigenvalue weighted by molar-refractivity contribution is 7.13. The van der Waals surface area contributed by atoms with Crippen molar-refractivity contribution in [3.63, 3.8) is 0 Å². The van der Waals surface area contributed by atoms with Gasteiger partial charge in [-0.15, -0.1) is 21.5 Å². The largest absolute Gasteiger partial charge is 0.414 e. The molecule has 0 aliphatic rings. The number of nitrogens with zero attached hydrogens (tertiary/aromatic N) is 2. The molecule has 0 saturated heterocycles. The number of aryl methyl sites for hydroxylation is 1. The lowest BCUT2D eigenvalue weighted by atomic mass is 10.0. The van der Waals surface area contributed by atoms with Crippen molar-refractivity contribution in [2.75, 3.05) is 6.54 Å². The number of rotatable bonds is 8. The number of thiophene rings is 1. The van der Waals surface area contributed by atoms with Crippen LogP contribution in [0.3, 0.4) is 0 Å². The van der Waals surface area contributed by atoms with Crippen LogP contribution in [0.1, 0.15) is 42.2 Å². The number of aromatic amines is 1. The molecule has 3 aromatic heterocycles. The second-order valence-corrected chi connectivity index (χ2v) is 8.27. The molecular formula is C22H25N4O2S+. The Morgan fingerprint density at radius 1 is 1.24 bits per heavy atom. The Morgan fingerprint density at radius 2 is 2.07 bits per heavy atom. The van der Waals surface area contributed by atoms with Gasteiger partial charge in [0.05, 0.1) is 17.0 Å². The first-order valence-corrected chi connectivity index (χ1v) is 10.8. The van der Waals surface area contributed by atoms with E-state index in [9.17, 15) is 4.79 Å². The van der Waals surface area contributed by atoms with Crippen molar-refractivity contribution < 1.29 is 14.1 Å². The van der Waals surface area contributed by atoms with E-state index in [4.69, 9.17) is 4.42 Å². The zero-order valence-electron chi connectivity index (χ0n) is 16.9. The molecule has 3 heterocycles. The predicted molar refractivity (Wildman–Crippen MR) is 114 cm³/mol. The summed E-state index contributed by atoms with van der Waals surface area (Å²) in [5, 5.41) is 11.4. The van der Waals surface area contributed by atoms with E-state index in [2.05, 4.69) is 22.1 Å². The van der Waals surface area contributed by atoms with Crippen LogP contribution in [0, 0.1) is 6.92 Å². The van der Waals surface area contributed by atoms with Gasteiger partial charge in [0.25, 0.3) is 11.8 Å². The zero-order chi connectivity index (χ0) is 20.4. The number of Topliss-reactive ketones (excluding diaryl/α,β-unsaturated/α-hetero) is 1. The van der Waals surface area contributed by atoms with Gasteiger partial charge in [-0.05, 0) is 37.8 Å². The monoisotopic (exact) mass is 409 g/mol. The van der Waals surface area contributed by atoms with Crippen molar-refractivity contribution >= 4 is 28.0 Å². The van der Waals surface area contributed by atoms with Gasteiger partial charge >= 0.3 is 0 Å². The second-order valence-electron chi connectivity index (χ2n) is 7.32. The number of ketones is 1. The van der Waals surface area contributed by atoms with Gasteiger partial charge in [-0.1, -0.05) is 31.2 Å². The van der Waals surface area contributed by atoms with Gasteiger partial charge in [0.15, 0.2) is 6.54 Å². The van der Waals surface area contributed by atoms with Gasteiger partial charge in [0, 0.05) is 16.6 Å². The summed E-state index contributed by atoms with van der Waals surface area (Å²) in [6.07, 6.45) is 0.964. The van der Waals surface area contributed by atoms with Crippen molar-refractivity contribution in [1.82, 2.24) is 15.2 Å². The number of hydrogen-bond donors (Lipinski definition) is 2. The fraction of sp³-hybridized carbons (Fsp3) is 0.318. The van der Waals surface area contributed by atoms with Crippen LogP contribution < -0.4 is 4.90 Å². The van der Waals surface area contributed by atoms with Crippen LogP contribution in [0.15, 0.2) is 46.2 Å². The number of para-hydroxylation sites is 1. The highest BCUT2D eigenvalue weighted by Gasteiger charge is 2.30. The van der Waals surface area contributed by atoms with Crippen molar-refractivity contribution in [3.8, 4) is 10.8 Å². The molecule has 0 aliphatic carbocycles. The van der Waals surface area contributed by atoms with E-state index in [-0.39, 0.29) is 11.8 Å². The van der Waals surface area contributed by atoms with E-state index >= 15 is 0 Å². The summed E-state index contributed by atoms with van der Waals surface area (Å²) in [6, 6.07) is 11.7. The first-order chi connectivity index (χ1) is 14.1. The van der Waals surface area contributed by atoms with Gasteiger partial charge in [0.1, 0.15) is 6.04 Å². The zero-order valence-corrected chi connectivity index (χ0v) is 17.7. The maximum atomic E-state index is 13.4. The first kappa shape index (κ1) is 19.5. The number of carbonyl (C=O) groups excluding carboxylic acids is 1. The van der Waals surface area contributed by atoms with Crippen LogP contribution in [0.2, 0.25) is 0 Å². The summed E-state index contributed by atoms with van der Waals surface area (Å²) in [4.78, 5) is 18.9. The summed E-state index contributed by atoms with van der Waals surface area (Å²) in [5.74, 6) is 1.24. The Labute approximate surface area is 173 Å². The van der Waals surface area contributed by atoms with Gasteiger partial charge in [0.2, 0.25) is 5.78 Å². The van der Waals surface area contributed by atoms with Gasteiger partial charge in [-0.2, -0.15) is 0 Å². The number of fused-ring (bicyclic) bond motifs is 1. The second kappa shape index (κ2) is 8.31. The molecule has 0 spiro atoms. The highest BCUT2D eigenvalue weighted by Crippen LogP contribution is 2.24. The van der Waals surface area contributed by atoms with Crippen molar-refractivity contribution in [3.05, 3.63) is 58.9 Å². The van der Waals surface area contributed by atoms with Crippen LogP contribution in [0.25, 0.3) is 21.7 Å². The Morgan fingerprint density at radius 3 is 2.83 bits per heavy atom. The van der Waals surface area contributed by atoms with E-state index < -0.39 is 0 Å². The molecule has 0 amide bonds. The molecule has 29 heavy (non-hydrogen) atoms. The number of aromatic nitrogens is 3. The molecule has 2 N–H and O–H groups in total. The topological polar surface area (TPSA) is 76.2 Å². The van der Waals surface area contributed by atoms with E-state index in [0.29, 0.717) is 18.3 Å². The number of carbonyl (C=O) groups is 1.